The van der Waals surface area contributed by atoms with Crippen molar-refractivity contribution in [1.82, 2.24) is 0 Å². The van der Waals surface area contributed by atoms with Crippen molar-refractivity contribution in [3.8, 4) is 0 Å². The van der Waals surface area contributed by atoms with Gasteiger partial charge in [0.1, 0.15) is 0 Å². The molecule has 0 aliphatic carbocycles. The molecule has 18 heavy (non-hydrogen) atoms. The number of hydrogen-bond acceptors (Lipinski definition) is 3. The second-order valence-corrected chi connectivity index (χ2v) is 3.87. The molecule has 0 atom stereocenters. The van der Waals surface area contributed by atoms with Gasteiger partial charge in [0.15, 0.2) is 12.4 Å². The summed E-state index contributed by atoms with van der Waals surface area (Å²) in [6, 6.07) is 11.9. The first-order valence-corrected chi connectivity index (χ1v) is 5.47. The minimum Gasteiger partial charge on any atom is -0.619 e. The fraction of sp³-hybridized carbons (Fsp3) is 0.0714. The van der Waals surface area contributed by atoms with Gasteiger partial charge in [0.05, 0.1) is 5.56 Å². The van der Waals surface area contributed by atoms with Crippen LogP contribution in [0.25, 0.3) is 0 Å². The zero-order valence-corrected chi connectivity index (χ0v) is 9.58. The van der Waals surface area contributed by atoms with Gasteiger partial charge in [0, 0.05) is 12.5 Å². The molecule has 0 aliphatic rings. The summed E-state index contributed by atoms with van der Waals surface area (Å²) in [7, 11) is 0. The number of Topliss-reactive ketones (excluding diaryl/α,β-unsaturated/α-hetero) is 2. The van der Waals surface area contributed by atoms with E-state index < -0.39 is 11.6 Å². The lowest BCUT2D eigenvalue weighted by Gasteiger charge is -2.01. The third kappa shape index (κ3) is 2.79. The van der Waals surface area contributed by atoms with E-state index in [0.29, 0.717) is 4.73 Å². The molecule has 0 saturated carbocycles. The summed E-state index contributed by atoms with van der Waals surface area (Å²) in [4.78, 5) is 23.6. The van der Waals surface area contributed by atoms with Crippen LogP contribution in [0, 0.1) is 5.21 Å². The van der Waals surface area contributed by atoms with E-state index >= 15 is 0 Å². The molecule has 4 nitrogen and oxygen atoms in total. The highest BCUT2D eigenvalue weighted by atomic mass is 16.5. The number of carbonyl (C=O) groups excluding carboxylic acids is 2. The molecule has 0 aliphatic heterocycles. The van der Waals surface area contributed by atoms with E-state index in [9.17, 15) is 14.8 Å². The largest absolute Gasteiger partial charge is 0.619 e. The van der Waals surface area contributed by atoms with Gasteiger partial charge < -0.3 is 5.21 Å². The summed E-state index contributed by atoms with van der Waals surface area (Å²) >= 11 is 0. The topological polar surface area (TPSA) is 61.1 Å². The quantitative estimate of drug-likeness (QED) is 0.351. The third-order valence-electron chi connectivity index (χ3n) is 2.50. The number of ketones is 2. The Bertz CT molecular complexity index is 579. The Kier molecular flexibility index (Phi) is 3.48. The van der Waals surface area contributed by atoms with Crippen molar-refractivity contribution >= 4 is 11.6 Å². The summed E-state index contributed by atoms with van der Waals surface area (Å²) in [5, 5.41) is 11.0. The summed E-state index contributed by atoms with van der Waals surface area (Å²) in [6.45, 7) is 0. The van der Waals surface area contributed by atoms with Crippen molar-refractivity contribution in [3.63, 3.8) is 0 Å². The summed E-state index contributed by atoms with van der Waals surface area (Å²) < 4.78 is 0.503. The van der Waals surface area contributed by atoms with Crippen LogP contribution >= 0.6 is 0 Å². The lowest BCUT2D eigenvalue weighted by atomic mass is 10.0. The molecule has 4 heteroatoms. The lowest BCUT2D eigenvalue weighted by Crippen LogP contribution is -2.27. The number of nitrogens with zero attached hydrogens (tertiary/aromatic N) is 1. The Morgan fingerprint density at radius 3 is 2.44 bits per heavy atom. The average molecular weight is 241 g/mol. The van der Waals surface area contributed by atoms with Crippen LogP contribution in [-0.4, -0.2) is 11.6 Å². The van der Waals surface area contributed by atoms with Gasteiger partial charge >= 0.3 is 0 Å². The number of carbonyl (C=O) groups is 2. The van der Waals surface area contributed by atoms with Gasteiger partial charge in [-0.05, 0) is 11.6 Å². The third-order valence-corrected chi connectivity index (χ3v) is 2.50. The SMILES string of the molecule is O=C(Cc1ccccc1)C(=O)c1ccc[n+]([O-])c1. The van der Waals surface area contributed by atoms with Gasteiger partial charge in [0.25, 0.3) is 0 Å². The van der Waals surface area contributed by atoms with Gasteiger partial charge in [-0.25, -0.2) is 0 Å². The van der Waals surface area contributed by atoms with Crippen LogP contribution < -0.4 is 4.73 Å². The minimum absolute atomic E-state index is 0.0490. The summed E-state index contributed by atoms with van der Waals surface area (Å²) in [6.07, 6.45) is 2.41. The number of rotatable bonds is 4. The first-order chi connectivity index (χ1) is 8.66. The molecule has 2 rings (SSSR count). The Morgan fingerprint density at radius 2 is 1.78 bits per heavy atom. The van der Waals surface area contributed by atoms with Gasteiger partial charge in [-0.1, -0.05) is 30.3 Å². The first-order valence-electron chi connectivity index (χ1n) is 5.47. The second kappa shape index (κ2) is 5.23. The molecule has 0 amide bonds. The smallest absolute Gasteiger partial charge is 0.234 e. The lowest BCUT2D eigenvalue weighted by molar-refractivity contribution is -0.605. The molecule has 0 saturated heterocycles. The van der Waals surface area contributed by atoms with E-state index in [4.69, 9.17) is 0 Å². The van der Waals surface area contributed by atoms with E-state index in [-0.39, 0.29) is 12.0 Å². The van der Waals surface area contributed by atoms with Crippen molar-refractivity contribution in [1.29, 1.82) is 0 Å². The van der Waals surface area contributed by atoms with E-state index in [0.717, 1.165) is 11.8 Å². The van der Waals surface area contributed by atoms with E-state index in [1.165, 1.54) is 18.3 Å². The molecule has 0 spiro atoms. The van der Waals surface area contributed by atoms with Gasteiger partial charge in [-0.15, -0.1) is 0 Å². The fourth-order valence-corrected chi connectivity index (χ4v) is 1.61. The molecule has 0 unspecified atom stereocenters. The number of pyridine rings is 1. The summed E-state index contributed by atoms with van der Waals surface area (Å²) in [5.74, 6) is -1.16. The molecule has 1 aromatic carbocycles. The molecule has 90 valence electrons. The molecule has 0 bridgehead atoms. The monoisotopic (exact) mass is 241 g/mol. The number of benzene rings is 1. The van der Waals surface area contributed by atoms with Crippen molar-refractivity contribution in [3.05, 3.63) is 71.2 Å². The van der Waals surface area contributed by atoms with E-state index in [2.05, 4.69) is 0 Å². The van der Waals surface area contributed by atoms with E-state index in [1.807, 2.05) is 6.07 Å². The van der Waals surface area contributed by atoms with E-state index in [1.54, 1.807) is 24.3 Å². The second-order valence-electron chi connectivity index (χ2n) is 3.87. The molecule has 1 aromatic heterocycles. The highest BCUT2D eigenvalue weighted by Gasteiger charge is 2.18. The highest BCUT2D eigenvalue weighted by Crippen LogP contribution is 2.04. The van der Waals surface area contributed by atoms with Gasteiger partial charge in [0.2, 0.25) is 11.6 Å². The van der Waals surface area contributed by atoms with Crippen molar-refractivity contribution < 1.29 is 14.3 Å². The number of hydrogen-bond donors (Lipinski definition) is 0. The van der Waals surface area contributed by atoms with Crippen LogP contribution in [0.1, 0.15) is 15.9 Å². The van der Waals surface area contributed by atoms with Crippen LogP contribution in [0.5, 0.6) is 0 Å². The highest BCUT2D eigenvalue weighted by molar-refractivity contribution is 6.43. The standard InChI is InChI=1S/C14H11NO3/c16-13(9-11-5-2-1-3-6-11)14(17)12-7-4-8-15(18)10-12/h1-8,10H,9H2. The summed E-state index contributed by atoms with van der Waals surface area (Å²) in [5.41, 5.74) is 0.898. The average Bonchev–Trinajstić information content (AvgIpc) is 2.39. The van der Waals surface area contributed by atoms with Crippen LogP contribution in [0.3, 0.4) is 0 Å². The van der Waals surface area contributed by atoms with Crippen molar-refractivity contribution in [2.45, 2.75) is 6.42 Å². The van der Waals surface area contributed by atoms with Crippen molar-refractivity contribution in [2.75, 3.05) is 0 Å². The molecule has 0 radical (unpaired) electrons. The van der Waals surface area contributed by atoms with Crippen LogP contribution in [-0.2, 0) is 11.2 Å². The van der Waals surface area contributed by atoms with Gasteiger partial charge in [-0.3, -0.25) is 9.59 Å². The molecular weight excluding hydrogens is 230 g/mol. The zero-order valence-electron chi connectivity index (χ0n) is 9.58. The molecule has 0 fully saturated rings. The molecule has 2 aromatic rings. The van der Waals surface area contributed by atoms with Crippen LogP contribution in [0.4, 0.5) is 0 Å². The normalized spacial score (nSPS) is 10.0. The predicted molar refractivity (Wildman–Crippen MR) is 64.9 cm³/mol. The maximum atomic E-state index is 11.8. The Balaban J connectivity index is 2.13. The maximum absolute atomic E-state index is 11.8. The maximum Gasteiger partial charge on any atom is 0.234 e. The van der Waals surface area contributed by atoms with Crippen LogP contribution in [0.2, 0.25) is 0 Å². The van der Waals surface area contributed by atoms with Crippen LogP contribution in [0.15, 0.2) is 54.9 Å². The zero-order chi connectivity index (χ0) is 13.0. The molecule has 1 heterocycles. The molecule has 0 N–H and O–H groups in total. The number of aromatic nitrogens is 1. The Morgan fingerprint density at radius 1 is 1.06 bits per heavy atom. The van der Waals surface area contributed by atoms with Crippen molar-refractivity contribution in [2.24, 2.45) is 0 Å². The minimum atomic E-state index is -0.635. The molecular formula is C14H11NO3. The fourth-order valence-electron chi connectivity index (χ4n) is 1.61. The Hall–Kier alpha value is -2.49. The predicted octanol–water partition coefficient (Wildman–Crippen LogP) is 1.31. The Labute approximate surface area is 104 Å². The van der Waals surface area contributed by atoms with Gasteiger partial charge in [-0.2, -0.15) is 4.73 Å². The first kappa shape index (κ1) is 12.0.